The molecule has 1 aromatic rings. The van der Waals surface area contributed by atoms with Crippen molar-refractivity contribution in [3.8, 4) is 5.75 Å². The number of fused-ring (bicyclic) bond motifs is 1. The number of aliphatic hydroxyl groups excluding tert-OH is 1. The quantitative estimate of drug-likeness (QED) is 0.914. The van der Waals surface area contributed by atoms with Gasteiger partial charge >= 0.3 is 0 Å². The number of likely N-dealkylation sites (N-methyl/N-ethyl adjacent to an activating group) is 1. The fourth-order valence-corrected chi connectivity index (χ4v) is 3.41. The number of hydrogen-bond acceptors (Lipinski definition) is 4. The van der Waals surface area contributed by atoms with Crippen molar-refractivity contribution >= 4 is 0 Å². The monoisotopic (exact) mass is 277 g/mol. The van der Waals surface area contributed by atoms with Gasteiger partial charge < -0.3 is 14.6 Å². The largest absolute Gasteiger partial charge is 0.497 e. The zero-order valence-electron chi connectivity index (χ0n) is 12.2. The van der Waals surface area contributed by atoms with Crippen LogP contribution in [-0.4, -0.2) is 49.5 Å². The van der Waals surface area contributed by atoms with Gasteiger partial charge in [0, 0.05) is 18.7 Å². The number of rotatable bonds is 3. The van der Waals surface area contributed by atoms with Crippen molar-refractivity contribution in [1.29, 1.82) is 0 Å². The summed E-state index contributed by atoms with van der Waals surface area (Å²) in [5.41, 5.74) is 2.26. The van der Waals surface area contributed by atoms with Crippen LogP contribution in [0.15, 0.2) is 18.2 Å². The highest BCUT2D eigenvalue weighted by atomic mass is 16.5. The summed E-state index contributed by atoms with van der Waals surface area (Å²) in [5, 5.41) is 10.7. The number of aliphatic hydroxyl groups is 1. The third kappa shape index (κ3) is 2.43. The Morgan fingerprint density at radius 3 is 2.90 bits per heavy atom. The van der Waals surface area contributed by atoms with Crippen LogP contribution in [0.2, 0.25) is 0 Å². The molecule has 3 rings (SSSR count). The van der Waals surface area contributed by atoms with E-state index >= 15 is 0 Å². The summed E-state index contributed by atoms with van der Waals surface area (Å²) < 4.78 is 10.7. The molecule has 1 heterocycles. The minimum Gasteiger partial charge on any atom is -0.497 e. The molecule has 2 aliphatic rings. The van der Waals surface area contributed by atoms with Gasteiger partial charge in [0.25, 0.3) is 0 Å². The molecule has 1 fully saturated rings. The normalized spacial score (nSPS) is 29.5. The van der Waals surface area contributed by atoms with Gasteiger partial charge in [-0.3, -0.25) is 4.90 Å². The first-order valence-corrected chi connectivity index (χ1v) is 7.35. The molecule has 0 amide bonds. The maximum Gasteiger partial charge on any atom is 0.119 e. The van der Waals surface area contributed by atoms with Crippen molar-refractivity contribution in [1.82, 2.24) is 4.90 Å². The topological polar surface area (TPSA) is 41.9 Å². The van der Waals surface area contributed by atoms with Gasteiger partial charge in [-0.2, -0.15) is 0 Å². The van der Waals surface area contributed by atoms with E-state index in [4.69, 9.17) is 9.47 Å². The minimum absolute atomic E-state index is 0.168. The van der Waals surface area contributed by atoms with Crippen molar-refractivity contribution in [2.24, 2.45) is 0 Å². The molecule has 4 heteroatoms. The van der Waals surface area contributed by atoms with Gasteiger partial charge in [-0.1, -0.05) is 6.07 Å². The Bertz CT molecular complexity index is 471. The summed E-state index contributed by atoms with van der Waals surface area (Å²) in [6.07, 6.45) is 2.62. The smallest absolute Gasteiger partial charge is 0.119 e. The van der Waals surface area contributed by atoms with Gasteiger partial charge in [0.1, 0.15) is 5.75 Å². The van der Waals surface area contributed by atoms with Gasteiger partial charge in [0.15, 0.2) is 0 Å². The summed E-state index contributed by atoms with van der Waals surface area (Å²) >= 11 is 0. The first kappa shape index (κ1) is 13.9. The second kappa shape index (κ2) is 5.72. The summed E-state index contributed by atoms with van der Waals surface area (Å²) in [4.78, 5) is 2.31. The molecule has 3 atom stereocenters. The van der Waals surface area contributed by atoms with Crippen LogP contribution in [0.1, 0.15) is 30.1 Å². The average molecular weight is 277 g/mol. The van der Waals surface area contributed by atoms with E-state index in [0.717, 1.165) is 43.8 Å². The number of aryl methyl sites for hydroxylation is 1. The molecule has 3 unspecified atom stereocenters. The second-order valence-electron chi connectivity index (χ2n) is 5.80. The lowest BCUT2D eigenvalue weighted by atomic mass is 9.84. The summed E-state index contributed by atoms with van der Waals surface area (Å²) in [7, 11) is 3.77. The van der Waals surface area contributed by atoms with Crippen LogP contribution >= 0.6 is 0 Å². The van der Waals surface area contributed by atoms with Crippen LogP contribution < -0.4 is 4.74 Å². The molecule has 1 aliphatic carbocycles. The van der Waals surface area contributed by atoms with Crippen molar-refractivity contribution in [2.45, 2.75) is 37.5 Å². The highest BCUT2D eigenvalue weighted by molar-refractivity contribution is 5.39. The molecule has 1 aliphatic heterocycles. The predicted octanol–water partition coefficient (Wildman–Crippen LogP) is 1.76. The molecule has 0 spiro atoms. The SMILES string of the molecule is COc1ccc2c(c1)C(O)C(N(C)C1CCOC1)CC2. The van der Waals surface area contributed by atoms with Crippen molar-refractivity contribution in [2.75, 3.05) is 27.4 Å². The number of hydrogen-bond donors (Lipinski definition) is 1. The van der Waals surface area contributed by atoms with Gasteiger partial charge in [-0.25, -0.2) is 0 Å². The third-order valence-electron chi connectivity index (χ3n) is 4.75. The fourth-order valence-electron chi connectivity index (χ4n) is 3.41. The van der Waals surface area contributed by atoms with E-state index in [1.807, 2.05) is 12.1 Å². The van der Waals surface area contributed by atoms with E-state index in [1.54, 1.807) is 7.11 Å². The third-order valence-corrected chi connectivity index (χ3v) is 4.75. The lowest BCUT2D eigenvalue weighted by Gasteiger charge is -2.39. The number of benzene rings is 1. The number of nitrogens with zero attached hydrogens (tertiary/aromatic N) is 1. The van der Waals surface area contributed by atoms with Crippen LogP contribution in [0, 0.1) is 0 Å². The Morgan fingerprint density at radius 1 is 1.35 bits per heavy atom. The van der Waals surface area contributed by atoms with Crippen LogP contribution in [0.25, 0.3) is 0 Å². The minimum atomic E-state index is -0.445. The second-order valence-corrected chi connectivity index (χ2v) is 5.80. The molecule has 0 aromatic heterocycles. The lowest BCUT2D eigenvalue weighted by Crippen LogP contribution is -2.45. The van der Waals surface area contributed by atoms with Gasteiger partial charge in [0.05, 0.1) is 19.8 Å². The van der Waals surface area contributed by atoms with Crippen LogP contribution in [0.3, 0.4) is 0 Å². The molecule has 20 heavy (non-hydrogen) atoms. The molecular weight excluding hydrogens is 254 g/mol. The van der Waals surface area contributed by atoms with E-state index in [1.165, 1.54) is 5.56 Å². The Morgan fingerprint density at radius 2 is 2.20 bits per heavy atom. The van der Waals surface area contributed by atoms with Crippen LogP contribution in [0.5, 0.6) is 5.75 Å². The molecule has 110 valence electrons. The van der Waals surface area contributed by atoms with E-state index in [-0.39, 0.29) is 6.04 Å². The maximum absolute atomic E-state index is 10.7. The van der Waals surface area contributed by atoms with E-state index in [0.29, 0.717) is 6.04 Å². The number of methoxy groups -OCH3 is 1. The standard InChI is InChI=1S/C16H23NO3/c1-17(12-7-8-20-10-12)15-6-4-11-3-5-13(19-2)9-14(11)16(15)18/h3,5,9,12,15-16,18H,4,6-8,10H2,1-2H3. The van der Waals surface area contributed by atoms with Crippen LogP contribution in [0.4, 0.5) is 0 Å². The Balaban J connectivity index is 1.81. The highest BCUT2D eigenvalue weighted by Gasteiger charge is 2.35. The molecular formula is C16H23NO3. The Hall–Kier alpha value is -1.10. The van der Waals surface area contributed by atoms with E-state index in [9.17, 15) is 5.11 Å². The van der Waals surface area contributed by atoms with Crippen molar-refractivity contribution in [3.05, 3.63) is 29.3 Å². The molecule has 0 saturated carbocycles. The maximum atomic E-state index is 10.7. The first-order valence-electron chi connectivity index (χ1n) is 7.35. The summed E-state index contributed by atoms with van der Waals surface area (Å²) in [6, 6.07) is 6.63. The zero-order valence-corrected chi connectivity index (χ0v) is 12.2. The van der Waals surface area contributed by atoms with Crippen LogP contribution in [-0.2, 0) is 11.2 Å². The average Bonchev–Trinajstić information content (AvgIpc) is 3.01. The van der Waals surface area contributed by atoms with Crippen molar-refractivity contribution < 1.29 is 14.6 Å². The lowest BCUT2D eigenvalue weighted by molar-refractivity contribution is 0.0246. The predicted molar refractivity (Wildman–Crippen MR) is 77.0 cm³/mol. The Kier molecular flexibility index (Phi) is 3.96. The van der Waals surface area contributed by atoms with Gasteiger partial charge in [0.2, 0.25) is 0 Å². The fraction of sp³-hybridized carbons (Fsp3) is 0.625. The van der Waals surface area contributed by atoms with Crippen molar-refractivity contribution in [3.63, 3.8) is 0 Å². The first-order chi connectivity index (χ1) is 9.70. The molecule has 1 saturated heterocycles. The molecule has 4 nitrogen and oxygen atoms in total. The molecule has 1 N–H and O–H groups in total. The molecule has 0 bridgehead atoms. The number of ether oxygens (including phenoxy) is 2. The molecule has 0 radical (unpaired) electrons. The highest BCUT2D eigenvalue weighted by Crippen LogP contribution is 2.36. The van der Waals surface area contributed by atoms with E-state index < -0.39 is 6.10 Å². The Labute approximate surface area is 120 Å². The zero-order chi connectivity index (χ0) is 14.1. The van der Waals surface area contributed by atoms with E-state index in [2.05, 4.69) is 18.0 Å². The van der Waals surface area contributed by atoms with Gasteiger partial charge in [-0.05, 0) is 49.6 Å². The van der Waals surface area contributed by atoms with Gasteiger partial charge in [-0.15, -0.1) is 0 Å². The summed E-state index contributed by atoms with van der Waals surface area (Å²) in [5.74, 6) is 0.815. The molecule has 1 aromatic carbocycles. The summed E-state index contributed by atoms with van der Waals surface area (Å²) in [6.45, 7) is 1.62.